The molecule has 4 rings (SSSR count). The molecule has 2 aromatic rings. The van der Waals surface area contributed by atoms with Crippen LogP contribution in [-0.4, -0.2) is 59.7 Å². The van der Waals surface area contributed by atoms with Crippen molar-refractivity contribution in [2.45, 2.75) is 41.3 Å². The summed E-state index contributed by atoms with van der Waals surface area (Å²) in [6.07, 6.45) is -3.43. The molecule has 160 valence electrons. The fourth-order valence-corrected chi connectivity index (χ4v) is 5.28. The fraction of sp³-hybridized carbons (Fsp3) is 0.333. The Bertz CT molecular complexity index is 1080. The highest BCUT2D eigenvalue weighted by molar-refractivity contribution is 8.03. The van der Waals surface area contributed by atoms with Gasteiger partial charge < -0.3 is 20.7 Å². The van der Waals surface area contributed by atoms with Crippen LogP contribution in [0, 0.1) is 6.92 Å². The van der Waals surface area contributed by atoms with Crippen molar-refractivity contribution in [2.75, 3.05) is 17.2 Å². The largest absolute Gasteiger partial charge is 0.394 e. The average Bonchev–Trinajstić information content (AvgIpc) is 3.17. The van der Waals surface area contributed by atoms with Crippen LogP contribution in [0.1, 0.15) is 5.56 Å². The molecule has 0 saturated carbocycles. The third kappa shape index (κ3) is 3.66. The van der Waals surface area contributed by atoms with Crippen LogP contribution in [0.4, 0.5) is 11.8 Å². The predicted molar refractivity (Wildman–Crippen MR) is 109 cm³/mol. The van der Waals surface area contributed by atoms with Gasteiger partial charge in [-0.15, -0.1) is 0 Å². The third-order valence-electron chi connectivity index (χ3n) is 4.77. The molecular formula is C18H20N4O6S2. The van der Waals surface area contributed by atoms with Crippen LogP contribution in [0.5, 0.6) is 0 Å². The summed E-state index contributed by atoms with van der Waals surface area (Å²) in [6.45, 7) is 5.20. The zero-order chi connectivity index (χ0) is 21.6. The minimum Gasteiger partial charge on any atom is -0.394 e. The van der Waals surface area contributed by atoms with Gasteiger partial charge in [0.05, 0.1) is 21.4 Å². The normalized spacial score (nSPS) is 26.2. The van der Waals surface area contributed by atoms with E-state index in [-0.39, 0.29) is 10.8 Å². The van der Waals surface area contributed by atoms with Crippen LogP contribution in [0.25, 0.3) is 0 Å². The van der Waals surface area contributed by atoms with E-state index in [0.29, 0.717) is 15.7 Å². The van der Waals surface area contributed by atoms with Gasteiger partial charge in [0.25, 0.3) is 10.1 Å². The molecule has 2 aliphatic rings. The minimum atomic E-state index is -4.21. The van der Waals surface area contributed by atoms with E-state index < -0.39 is 41.3 Å². The van der Waals surface area contributed by atoms with E-state index in [1.807, 2.05) is 6.92 Å². The number of hydrogen-bond donors (Lipinski definition) is 3. The summed E-state index contributed by atoms with van der Waals surface area (Å²) < 4.78 is 36.4. The average molecular weight is 453 g/mol. The summed E-state index contributed by atoms with van der Waals surface area (Å²) in [5, 5.41) is 21.1. The highest BCUT2D eigenvalue weighted by Gasteiger charge is 2.51. The lowest BCUT2D eigenvalue weighted by atomic mass is 10.1. The van der Waals surface area contributed by atoms with Gasteiger partial charge in [-0.1, -0.05) is 36.0 Å². The van der Waals surface area contributed by atoms with Gasteiger partial charge in [-0.3, -0.25) is 9.08 Å². The lowest BCUT2D eigenvalue weighted by molar-refractivity contribution is -0.0149. The lowest BCUT2D eigenvalue weighted by Crippen LogP contribution is -2.44. The van der Waals surface area contributed by atoms with Crippen molar-refractivity contribution < 1.29 is 27.6 Å². The number of aliphatic hydroxyl groups excluding tert-OH is 2. The smallest absolute Gasteiger partial charge is 0.297 e. The first kappa shape index (κ1) is 21.0. The van der Waals surface area contributed by atoms with E-state index in [1.54, 1.807) is 12.1 Å². The first-order chi connectivity index (χ1) is 14.2. The Hall–Kier alpha value is -2.22. The van der Waals surface area contributed by atoms with Crippen LogP contribution in [0.3, 0.4) is 0 Å². The molecule has 0 aliphatic carbocycles. The van der Waals surface area contributed by atoms with E-state index in [4.69, 9.17) is 14.7 Å². The molecule has 0 spiro atoms. The standard InChI is InChI=1S/C18H20N4O6S2/c1-9-3-5-11(6-4-9)30(25,26)28-15-12(8-23)27-17(14(15)24)22-10(2)29-13-7-20-18(19)21-16(13)22/h3-7,12,14-15,17,23-24H,2,8H2,1H3,(H2,19,20,21)/t12-,14-,15+,17-/m1/s1. The number of rotatable bonds is 5. The van der Waals surface area contributed by atoms with Crippen LogP contribution in [0.15, 0.2) is 51.9 Å². The summed E-state index contributed by atoms with van der Waals surface area (Å²) in [6, 6.07) is 6.09. The van der Waals surface area contributed by atoms with E-state index in [1.165, 1.54) is 35.0 Å². The Balaban J connectivity index is 1.62. The van der Waals surface area contributed by atoms with Crippen LogP contribution < -0.4 is 10.6 Å². The zero-order valence-corrected chi connectivity index (χ0v) is 17.5. The SMILES string of the molecule is C=C1Sc2cnc(N)nc2N1[C@@H]1O[C@H](CO)[C@H](OS(=O)(=O)c2ccc(C)cc2)[C@H]1O. The van der Waals surface area contributed by atoms with Crippen molar-refractivity contribution in [1.29, 1.82) is 0 Å². The summed E-state index contributed by atoms with van der Waals surface area (Å²) >= 11 is 1.26. The van der Waals surface area contributed by atoms with E-state index in [2.05, 4.69) is 16.5 Å². The number of aliphatic hydroxyl groups is 2. The molecule has 30 heavy (non-hydrogen) atoms. The molecule has 3 heterocycles. The molecule has 2 aliphatic heterocycles. The van der Waals surface area contributed by atoms with Gasteiger partial charge in [-0.2, -0.15) is 13.4 Å². The van der Waals surface area contributed by atoms with E-state index in [0.717, 1.165) is 5.56 Å². The molecule has 1 saturated heterocycles. The molecule has 1 aromatic heterocycles. The van der Waals surface area contributed by atoms with Gasteiger partial charge in [0.2, 0.25) is 5.95 Å². The maximum absolute atomic E-state index is 12.7. The number of hydrogen-bond acceptors (Lipinski definition) is 11. The molecule has 1 aromatic carbocycles. The molecule has 1 fully saturated rings. The number of fused-ring (bicyclic) bond motifs is 1. The number of aryl methyl sites for hydroxylation is 1. The molecule has 0 radical (unpaired) electrons. The Morgan fingerprint density at radius 3 is 2.73 bits per heavy atom. The quantitative estimate of drug-likeness (QED) is 0.548. The third-order valence-corrected chi connectivity index (χ3v) is 7.04. The number of benzene rings is 1. The Kier molecular flexibility index (Phi) is 5.46. The molecule has 4 atom stereocenters. The fourth-order valence-electron chi connectivity index (χ4n) is 3.28. The van der Waals surface area contributed by atoms with Crippen LogP contribution in [0.2, 0.25) is 0 Å². The number of nitrogens with zero attached hydrogens (tertiary/aromatic N) is 3. The molecular weight excluding hydrogens is 432 g/mol. The topological polar surface area (TPSA) is 148 Å². The van der Waals surface area contributed by atoms with E-state index >= 15 is 0 Å². The van der Waals surface area contributed by atoms with Crippen molar-refractivity contribution in [3.8, 4) is 0 Å². The predicted octanol–water partition coefficient (Wildman–Crippen LogP) is 0.603. The Morgan fingerprint density at radius 2 is 2.07 bits per heavy atom. The van der Waals surface area contributed by atoms with Gasteiger partial charge in [0.1, 0.15) is 18.3 Å². The van der Waals surface area contributed by atoms with Crippen molar-refractivity contribution in [3.63, 3.8) is 0 Å². The second-order valence-electron chi connectivity index (χ2n) is 6.85. The molecule has 10 nitrogen and oxygen atoms in total. The maximum Gasteiger partial charge on any atom is 0.297 e. The van der Waals surface area contributed by atoms with Gasteiger partial charge in [-0.25, -0.2) is 4.98 Å². The van der Waals surface area contributed by atoms with E-state index in [9.17, 15) is 18.6 Å². The number of aromatic nitrogens is 2. The highest BCUT2D eigenvalue weighted by atomic mass is 32.2. The van der Waals surface area contributed by atoms with Crippen molar-refractivity contribution in [1.82, 2.24) is 9.97 Å². The minimum absolute atomic E-state index is 0.0231. The Morgan fingerprint density at radius 1 is 1.37 bits per heavy atom. The maximum atomic E-state index is 12.7. The van der Waals surface area contributed by atoms with Crippen molar-refractivity contribution in [2.24, 2.45) is 0 Å². The lowest BCUT2D eigenvalue weighted by Gasteiger charge is -2.28. The summed E-state index contributed by atoms with van der Waals surface area (Å²) in [5.74, 6) is 0.398. The first-order valence-corrected chi connectivity index (χ1v) is 11.2. The Labute approximate surface area is 177 Å². The van der Waals surface area contributed by atoms with Gasteiger partial charge in [0, 0.05) is 6.20 Å². The molecule has 4 N–H and O–H groups in total. The van der Waals surface area contributed by atoms with Crippen LogP contribution in [-0.2, 0) is 19.0 Å². The van der Waals surface area contributed by atoms with Gasteiger partial charge in [0.15, 0.2) is 12.0 Å². The molecule has 0 bridgehead atoms. The van der Waals surface area contributed by atoms with Gasteiger partial charge in [-0.05, 0) is 19.1 Å². The van der Waals surface area contributed by atoms with Gasteiger partial charge >= 0.3 is 0 Å². The summed E-state index contributed by atoms with van der Waals surface area (Å²) in [5.41, 5.74) is 6.56. The second-order valence-corrected chi connectivity index (χ2v) is 9.54. The molecule has 0 amide bonds. The second kappa shape index (κ2) is 7.80. The monoisotopic (exact) mass is 452 g/mol. The number of anilines is 2. The molecule has 12 heteroatoms. The summed E-state index contributed by atoms with van der Waals surface area (Å²) in [4.78, 5) is 10.2. The van der Waals surface area contributed by atoms with Crippen molar-refractivity contribution >= 4 is 33.6 Å². The molecule has 0 unspecified atom stereocenters. The number of ether oxygens (including phenoxy) is 1. The number of nitrogen functional groups attached to an aromatic ring is 1. The van der Waals surface area contributed by atoms with Crippen molar-refractivity contribution in [3.05, 3.63) is 47.6 Å². The first-order valence-electron chi connectivity index (χ1n) is 8.94. The number of thioether (sulfide) groups is 1. The number of nitrogens with two attached hydrogens (primary N) is 1. The summed E-state index contributed by atoms with van der Waals surface area (Å²) in [7, 11) is -4.21. The van der Waals surface area contributed by atoms with Crippen LogP contribution >= 0.6 is 11.8 Å². The highest BCUT2D eigenvalue weighted by Crippen LogP contribution is 2.47. The zero-order valence-electron chi connectivity index (χ0n) is 15.9.